The molecule has 1 unspecified atom stereocenters. The molecule has 0 aliphatic carbocycles. The van der Waals surface area contributed by atoms with Crippen LogP contribution in [0.5, 0.6) is 0 Å². The lowest BCUT2D eigenvalue weighted by Crippen LogP contribution is -2.28. The van der Waals surface area contributed by atoms with E-state index < -0.39 is 0 Å². The second-order valence-corrected chi connectivity index (χ2v) is 4.89. The number of pyridine rings is 1. The number of carbonyl (C=O) groups is 1. The third kappa shape index (κ3) is 2.18. The van der Waals surface area contributed by atoms with Gasteiger partial charge in [0.05, 0.1) is 6.04 Å². The van der Waals surface area contributed by atoms with Crippen molar-refractivity contribution >= 4 is 5.91 Å². The zero-order valence-corrected chi connectivity index (χ0v) is 11.1. The summed E-state index contributed by atoms with van der Waals surface area (Å²) in [6, 6.07) is 13.5. The Hall–Kier alpha value is -2.20. The van der Waals surface area contributed by atoms with Gasteiger partial charge in [-0.1, -0.05) is 36.4 Å². The van der Waals surface area contributed by atoms with Gasteiger partial charge in [0.1, 0.15) is 5.69 Å². The van der Waals surface area contributed by atoms with E-state index in [0.717, 1.165) is 11.1 Å². The van der Waals surface area contributed by atoms with Crippen molar-refractivity contribution < 1.29 is 9.90 Å². The van der Waals surface area contributed by atoms with Gasteiger partial charge < -0.3 is 10.0 Å². The van der Waals surface area contributed by atoms with E-state index in [0.29, 0.717) is 18.7 Å². The van der Waals surface area contributed by atoms with Gasteiger partial charge in [-0.25, -0.2) is 0 Å². The van der Waals surface area contributed by atoms with Gasteiger partial charge in [-0.05, 0) is 18.1 Å². The van der Waals surface area contributed by atoms with Crippen LogP contribution in [0.4, 0.5) is 0 Å². The van der Waals surface area contributed by atoms with Crippen molar-refractivity contribution in [1.29, 1.82) is 0 Å². The van der Waals surface area contributed by atoms with Crippen LogP contribution in [0, 0.1) is 0 Å². The molecule has 1 amide bonds. The molecule has 1 aliphatic rings. The summed E-state index contributed by atoms with van der Waals surface area (Å²) in [5.74, 6) is -0.0529. The first-order valence-corrected chi connectivity index (χ1v) is 6.72. The number of fused-ring (bicyclic) bond motifs is 1. The van der Waals surface area contributed by atoms with Crippen molar-refractivity contribution in [2.24, 2.45) is 0 Å². The number of aromatic nitrogens is 1. The fourth-order valence-corrected chi connectivity index (χ4v) is 2.71. The normalized spacial score (nSPS) is 17.4. The SMILES string of the molecule is O=C1c2ncccc2C(CCO)N1Cc1ccccc1. The van der Waals surface area contributed by atoms with E-state index in [1.165, 1.54) is 0 Å². The molecular formula is C16H16N2O2. The summed E-state index contributed by atoms with van der Waals surface area (Å²) < 4.78 is 0. The van der Waals surface area contributed by atoms with Gasteiger partial charge in [-0.2, -0.15) is 0 Å². The molecule has 0 radical (unpaired) electrons. The van der Waals surface area contributed by atoms with Gasteiger partial charge in [-0.3, -0.25) is 9.78 Å². The third-order valence-electron chi connectivity index (χ3n) is 3.64. The van der Waals surface area contributed by atoms with Crippen molar-refractivity contribution in [3.63, 3.8) is 0 Å². The molecule has 2 heterocycles. The van der Waals surface area contributed by atoms with E-state index in [4.69, 9.17) is 0 Å². The molecule has 4 heteroatoms. The predicted molar refractivity (Wildman–Crippen MR) is 75.0 cm³/mol. The number of hydrogen-bond acceptors (Lipinski definition) is 3. The molecule has 102 valence electrons. The maximum Gasteiger partial charge on any atom is 0.273 e. The second-order valence-electron chi connectivity index (χ2n) is 4.89. The number of nitrogens with zero attached hydrogens (tertiary/aromatic N) is 2. The van der Waals surface area contributed by atoms with E-state index in [1.807, 2.05) is 42.5 Å². The highest BCUT2D eigenvalue weighted by Crippen LogP contribution is 2.35. The molecule has 0 bridgehead atoms. The van der Waals surface area contributed by atoms with Gasteiger partial charge in [0, 0.05) is 24.9 Å². The molecule has 1 atom stereocenters. The van der Waals surface area contributed by atoms with Crippen LogP contribution in [-0.2, 0) is 6.54 Å². The minimum Gasteiger partial charge on any atom is -0.396 e. The number of amides is 1. The predicted octanol–water partition coefficient (Wildman–Crippen LogP) is 2.16. The first kappa shape index (κ1) is 12.8. The zero-order valence-electron chi connectivity index (χ0n) is 11.1. The Kier molecular flexibility index (Phi) is 3.48. The largest absolute Gasteiger partial charge is 0.396 e. The summed E-state index contributed by atoms with van der Waals surface area (Å²) >= 11 is 0. The highest BCUT2D eigenvalue weighted by molar-refractivity contribution is 5.97. The quantitative estimate of drug-likeness (QED) is 0.924. The monoisotopic (exact) mass is 268 g/mol. The van der Waals surface area contributed by atoms with Crippen LogP contribution in [0.1, 0.15) is 34.1 Å². The topological polar surface area (TPSA) is 53.4 Å². The lowest BCUT2D eigenvalue weighted by molar-refractivity contribution is 0.0680. The Morgan fingerprint density at radius 3 is 2.70 bits per heavy atom. The van der Waals surface area contributed by atoms with E-state index in [1.54, 1.807) is 11.1 Å². The maximum atomic E-state index is 12.5. The van der Waals surface area contributed by atoms with Crippen LogP contribution >= 0.6 is 0 Å². The third-order valence-corrected chi connectivity index (χ3v) is 3.64. The first-order chi connectivity index (χ1) is 9.81. The molecule has 0 fully saturated rings. The van der Waals surface area contributed by atoms with E-state index in [2.05, 4.69) is 4.98 Å². The minimum absolute atomic E-state index is 0.0529. The molecule has 1 N–H and O–H groups in total. The van der Waals surface area contributed by atoms with Gasteiger partial charge in [0.2, 0.25) is 0 Å². The highest BCUT2D eigenvalue weighted by atomic mass is 16.3. The zero-order chi connectivity index (χ0) is 13.9. The lowest BCUT2D eigenvalue weighted by atomic mass is 10.1. The van der Waals surface area contributed by atoms with Crippen molar-refractivity contribution in [2.75, 3.05) is 6.61 Å². The molecule has 3 rings (SSSR count). The van der Waals surface area contributed by atoms with Crippen LogP contribution in [0.2, 0.25) is 0 Å². The van der Waals surface area contributed by atoms with Crippen LogP contribution in [0.25, 0.3) is 0 Å². The Bertz CT molecular complexity index is 613. The molecule has 1 aromatic heterocycles. The molecule has 20 heavy (non-hydrogen) atoms. The molecule has 2 aromatic rings. The molecule has 0 saturated heterocycles. The average Bonchev–Trinajstić information content (AvgIpc) is 2.75. The molecule has 1 aliphatic heterocycles. The van der Waals surface area contributed by atoms with Crippen molar-refractivity contribution in [2.45, 2.75) is 19.0 Å². The summed E-state index contributed by atoms with van der Waals surface area (Å²) in [7, 11) is 0. The van der Waals surface area contributed by atoms with E-state index in [-0.39, 0.29) is 18.6 Å². The van der Waals surface area contributed by atoms with Gasteiger partial charge in [-0.15, -0.1) is 0 Å². The van der Waals surface area contributed by atoms with Crippen molar-refractivity contribution in [3.8, 4) is 0 Å². The first-order valence-electron chi connectivity index (χ1n) is 6.72. The summed E-state index contributed by atoms with van der Waals surface area (Å²) in [5.41, 5.74) is 2.51. The van der Waals surface area contributed by atoms with Crippen LogP contribution in [-0.4, -0.2) is 27.5 Å². The van der Waals surface area contributed by atoms with Gasteiger partial charge in [0.15, 0.2) is 0 Å². The van der Waals surface area contributed by atoms with Gasteiger partial charge >= 0.3 is 0 Å². The van der Waals surface area contributed by atoms with Crippen molar-refractivity contribution in [1.82, 2.24) is 9.88 Å². The van der Waals surface area contributed by atoms with E-state index in [9.17, 15) is 9.90 Å². The van der Waals surface area contributed by atoms with E-state index >= 15 is 0 Å². The van der Waals surface area contributed by atoms with Crippen LogP contribution in [0.15, 0.2) is 48.7 Å². The average molecular weight is 268 g/mol. The maximum absolute atomic E-state index is 12.5. The van der Waals surface area contributed by atoms with Gasteiger partial charge in [0.25, 0.3) is 5.91 Å². The summed E-state index contributed by atoms with van der Waals surface area (Å²) in [4.78, 5) is 18.5. The Morgan fingerprint density at radius 1 is 1.15 bits per heavy atom. The lowest BCUT2D eigenvalue weighted by Gasteiger charge is -2.24. The summed E-state index contributed by atoms with van der Waals surface area (Å²) in [6.07, 6.45) is 2.18. The Morgan fingerprint density at radius 2 is 1.95 bits per heavy atom. The molecule has 4 nitrogen and oxygen atoms in total. The highest BCUT2D eigenvalue weighted by Gasteiger charge is 2.37. The van der Waals surface area contributed by atoms with Crippen LogP contribution < -0.4 is 0 Å². The Labute approximate surface area is 117 Å². The fraction of sp³-hybridized carbons (Fsp3) is 0.250. The fourth-order valence-electron chi connectivity index (χ4n) is 2.71. The molecule has 0 spiro atoms. The number of carbonyl (C=O) groups excluding carboxylic acids is 1. The number of benzene rings is 1. The summed E-state index contributed by atoms with van der Waals surface area (Å²) in [6.45, 7) is 0.596. The standard InChI is InChI=1S/C16H16N2O2/c19-10-8-14-13-7-4-9-17-15(13)16(20)18(14)11-12-5-2-1-3-6-12/h1-7,9,14,19H,8,10-11H2. The molecular weight excluding hydrogens is 252 g/mol. The Balaban J connectivity index is 1.92. The second kappa shape index (κ2) is 5.43. The number of aliphatic hydroxyl groups excluding tert-OH is 1. The minimum atomic E-state index is -0.0867. The number of rotatable bonds is 4. The molecule has 0 saturated carbocycles. The number of hydrogen-bond donors (Lipinski definition) is 1. The number of aliphatic hydroxyl groups is 1. The van der Waals surface area contributed by atoms with Crippen LogP contribution in [0.3, 0.4) is 0 Å². The van der Waals surface area contributed by atoms with Crippen molar-refractivity contribution in [3.05, 3.63) is 65.5 Å². The smallest absolute Gasteiger partial charge is 0.273 e. The molecule has 1 aromatic carbocycles. The summed E-state index contributed by atoms with van der Waals surface area (Å²) in [5, 5.41) is 9.26.